The van der Waals surface area contributed by atoms with E-state index >= 15 is 0 Å². The number of ether oxygens (including phenoxy) is 1. The number of rotatable bonds is 3. The second-order valence-corrected chi connectivity index (χ2v) is 3.10. The highest BCUT2D eigenvalue weighted by Gasteiger charge is 2.09. The Morgan fingerprint density at radius 1 is 1.55 bits per heavy atom. The van der Waals surface area contributed by atoms with Gasteiger partial charge in [0.2, 0.25) is 0 Å². The van der Waals surface area contributed by atoms with E-state index in [0.29, 0.717) is 5.92 Å². The first-order valence-corrected chi connectivity index (χ1v) is 3.96. The van der Waals surface area contributed by atoms with Crippen LogP contribution < -0.4 is 0 Å². The molecule has 0 fully saturated rings. The molecule has 0 saturated heterocycles. The molecule has 4 heteroatoms. The molecule has 0 N–H and O–H groups in total. The number of carbonyl (C=O) groups excluding carboxylic acids is 1. The van der Waals surface area contributed by atoms with Crippen LogP contribution in [-0.2, 0) is 17.2 Å². The number of carbonyl (C=O) groups is 1. The van der Waals surface area contributed by atoms with E-state index in [2.05, 4.69) is 30.6 Å². The summed E-state index contributed by atoms with van der Waals surface area (Å²) < 4.78 is 7.76. The first kappa shape index (κ1) is 10.5. The lowest BCUT2D eigenvalue weighted by molar-refractivity contribution is 0.105. The van der Waals surface area contributed by atoms with Crippen LogP contribution in [0.1, 0.15) is 27.2 Å². The third-order valence-electron chi connectivity index (χ3n) is 1.18. The average molecular weight is 175 g/mol. The van der Waals surface area contributed by atoms with Gasteiger partial charge >= 0.3 is 6.09 Å². The number of hydrogen-bond donors (Lipinski definition) is 0. The van der Waals surface area contributed by atoms with Gasteiger partial charge in [0.25, 0.3) is 0 Å². The molecule has 1 atom stereocenters. The zero-order valence-electron chi connectivity index (χ0n) is 7.03. The van der Waals surface area contributed by atoms with Gasteiger partial charge in [-0.25, -0.2) is 4.79 Å². The maximum Gasteiger partial charge on any atom is 0.445 e. The summed E-state index contributed by atoms with van der Waals surface area (Å²) in [5, 5.41) is 0. The van der Waals surface area contributed by atoms with E-state index in [0.717, 1.165) is 6.42 Å². The van der Waals surface area contributed by atoms with Crippen molar-refractivity contribution in [2.75, 3.05) is 0 Å². The topological polar surface area (TPSA) is 38.7 Å². The minimum atomic E-state index is -0.659. The molecule has 0 spiro atoms. The van der Waals surface area contributed by atoms with Crippen molar-refractivity contribution in [2.45, 2.75) is 33.3 Å². The van der Waals surface area contributed by atoms with Gasteiger partial charge in [-0.2, -0.15) is 0 Å². The van der Waals surface area contributed by atoms with Gasteiger partial charge in [0.15, 0.2) is 0 Å². The fourth-order valence-corrected chi connectivity index (χ4v) is 0.949. The Labute approximate surface area is 72.3 Å². The summed E-state index contributed by atoms with van der Waals surface area (Å²) in [4.78, 5) is 10.5. The Balaban J connectivity index is 3.59. The van der Waals surface area contributed by atoms with Gasteiger partial charge in [-0.3, -0.25) is 0 Å². The van der Waals surface area contributed by atoms with E-state index in [1.165, 1.54) is 0 Å². The fraction of sp³-hybridized carbons (Fsp3) is 0.857. The SMILES string of the molecule is CC(C)CC(C)OC(=O)N=S. The third-order valence-corrected chi connectivity index (χ3v) is 1.33. The van der Waals surface area contributed by atoms with E-state index in [9.17, 15) is 4.79 Å². The molecule has 0 aromatic carbocycles. The molecule has 11 heavy (non-hydrogen) atoms. The molecule has 1 unspecified atom stereocenters. The summed E-state index contributed by atoms with van der Waals surface area (Å²) in [6, 6.07) is 0. The van der Waals surface area contributed by atoms with Gasteiger partial charge in [-0.15, -0.1) is 4.36 Å². The van der Waals surface area contributed by atoms with Gasteiger partial charge in [-0.05, 0) is 19.3 Å². The molecule has 64 valence electrons. The van der Waals surface area contributed by atoms with Crippen LogP contribution in [-0.4, -0.2) is 12.2 Å². The molecular formula is C7H13NO2S. The van der Waals surface area contributed by atoms with Crippen LogP contribution in [0, 0.1) is 5.92 Å². The summed E-state index contributed by atoms with van der Waals surface area (Å²) in [6.45, 7) is 5.96. The molecule has 0 rings (SSSR count). The molecule has 1 amide bonds. The zero-order valence-corrected chi connectivity index (χ0v) is 7.85. The lowest BCUT2D eigenvalue weighted by Crippen LogP contribution is -2.13. The van der Waals surface area contributed by atoms with Crippen LogP contribution in [0.3, 0.4) is 0 Å². The average Bonchev–Trinajstić information content (AvgIpc) is 1.85. The Morgan fingerprint density at radius 2 is 2.09 bits per heavy atom. The standard InChI is InChI=1S/C7H13NO2S/c1-5(2)4-6(3)10-7(9)8-11/h5-6H,4H2,1-3H3. The lowest BCUT2D eigenvalue weighted by atomic mass is 10.1. The van der Waals surface area contributed by atoms with E-state index in [4.69, 9.17) is 4.74 Å². The summed E-state index contributed by atoms with van der Waals surface area (Å²) >= 11 is 4.16. The summed E-state index contributed by atoms with van der Waals surface area (Å²) in [5.41, 5.74) is 0. The van der Waals surface area contributed by atoms with Crippen LogP contribution in [0.2, 0.25) is 0 Å². The molecule has 0 aliphatic carbocycles. The van der Waals surface area contributed by atoms with Crippen LogP contribution in [0.4, 0.5) is 4.79 Å². The zero-order chi connectivity index (χ0) is 8.85. The smallest absolute Gasteiger partial charge is 0.444 e. The summed E-state index contributed by atoms with van der Waals surface area (Å²) in [6.07, 6.45) is 0.0960. The van der Waals surface area contributed by atoms with Crippen molar-refractivity contribution in [2.24, 2.45) is 10.3 Å². The lowest BCUT2D eigenvalue weighted by Gasteiger charge is -2.12. The van der Waals surface area contributed by atoms with E-state index in [1.54, 1.807) is 0 Å². The highest BCUT2D eigenvalue weighted by atomic mass is 32.1. The van der Waals surface area contributed by atoms with Crippen LogP contribution in [0.25, 0.3) is 0 Å². The van der Waals surface area contributed by atoms with E-state index in [1.807, 2.05) is 6.92 Å². The molecule has 0 saturated carbocycles. The Kier molecular flexibility index (Phi) is 4.94. The van der Waals surface area contributed by atoms with Crippen molar-refractivity contribution in [1.82, 2.24) is 0 Å². The molecule has 0 aliphatic heterocycles. The van der Waals surface area contributed by atoms with Crippen molar-refractivity contribution in [3.63, 3.8) is 0 Å². The van der Waals surface area contributed by atoms with Crippen molar-refractivity contribution in [3.8, 4) is 0 Å². The molecule has 0 aromatic heterocycles. The van der Waals surface area contributed by atoms with Crippen LogP contribution in [0.5, 0.6) is 0 Å². The molecule has 0 heterocycles. The second-order valence-electron chi connectivity index (χ2n) is 2.92. The number of hydrogen-bond acceptors (Lipinski definition) is 3. The van der Waals surface area contributed by atoms with Gasteiger partial charge in [0, 0.05) is 12.4 Å². The van der Waals surface area contributed by atoms with Gasteiger partial charge < -0.3 is 4.74 Å². The van der Waals surface area contributed by atoms with Gasteiger partial charge in [0.1, 0.15) is 6.10 Å². The molecule has 3 nitrogen and oxygen atoms in total. The maximum absolute atomic E-state index is 10.5. The van der Waals surface area contributed by atoms with Crippen molar-refractivity contribution >= 4 is 18.5 Å². The molecular weight excluding hydrogens is 162 g/mol. The molecule has 0 aromatic rings. The molecule has 0 aliphatic rings. The van der Waals surface area contributed by atoms with E-state index < -0.39 is 6.09 Å². The van der Waals surface area contributed by atoms with E-state index in [-0.39, 0.29) is 6.10 Å². The van der Waals surface area contributed by atoms with Crippen molar-refractivity contribution in [1.29, 1.82) is 0 Å². The predicted molar refractivity (Wildman–Crippen MR) is 45.2 cm³/mol. The highest BCUT2D eigenvalue weighted by molar-refractivity contribution is 7.47. The second kappa shape index (κ2) is 5.18. The summed E-state index contributed by atoms with van der Waals surface area (Å²) in [5.74, 6) is 0.517. The van der Waals surface area contributed by atoms with Crippen molar-refractivity contribution in [3.05, 3.63) is 0 Å². The predicted octanol–water partition coefficient (Wildman–Crippen LogP) is 2.29. The van der Waals surface area contributed by atoms with Crippen LogP contribution >= 0.6 is 0 Å². The highest BCUT2D eigenvalue weighted by Crippen LogP contribution is 2.07. The molecule has 0 bridgehead atoms. The Morgan fingerprint density at radius 3 is 2.45 bits per heavy atom. The molecule has 0 radical (unpaired) electrons. The quantitative estimate of drug-likeness (QED) is 0.660. The minimum Gasteiger partial charge on any atom is -0.444 e. The van der Waals surface area contributed by atoms with Gasteiger partial charge in [0.05, 0.1) is 0 Å². The number of amides is 1. The minimum absolute atomic E-state index is 0.0887. The Hall–Kier alpha value is -0.510. The maximum atomic E-state index is 10.5. The third kappa shape index (κ3) is 5.91. The normalized spacial score (nSPS) is 12.7. The number of nitrogens with zero attached hydrogens (tertiary/aromatic N) is 1. The fourth-order valence-electron chi connectivity index (χ4n) is 0.906. The monoisotopic (exact) mass is 175 g/mol. The Bertz CT molecular complexity index is 147. The van der Waals surface area contributed by atoms with Crippen molar-refractivity contribution < 1.29 is 9.53 Å². The summed E-state index contributed by atoms with van der Waals surface area (Å²) in [7, 11) is 0. The van der Waals surface area contributed by atoms with Gasteiger partial charge in [-0.1, -0.05) is 13.8 Å². The largest absolute Gasteiger partial charge is 0.445 e. The van der Waals surface area contributed by atoms with Crippen LogP contribution in [0.15, 0.2) is 4.36 Å². The first-order chi connectivity index (χ1) is 5.06. The first-order valence-electron chi connectivity index (χ1n) is 3.60.